The number of hydrogen-bond donors (Lipinski definition) is 2. The Hall–Kier alpha value is -0.120. The third-order valence-corrected chi connectivity index (χ3v) is 2.04. The van der Waals surface area contributed by atoms with Crippen LogP contribution in [0.5, 0.6) is 0 Å². The fourth-order valence-electron chi connectivity index (χ4n) is 1.34. The van der Waals surface area contributed by atoms with E-state index in [4.69, 9.17) is 16.2 Å². The molecule has 0 aromatic carbocycles. The Balaban J connectivity index is 2.25. The summed E-state index contributed by atoms with van der Waals surface area (Å²) in [6.45, 7) is 3.12. The van der Waals surface area contributed by atoms with Crippen molar-refractivity contribution in [2.45, 2.75) is 6.42 Å². The van der Waals surface area contributed by atoms with Crippen molar-refractivity contribution in [3.8, 4) is 0 Å². The molecule has 60 valence electrons. The fourth-order valence-corrected chi connectivity index (χ4v) is 1.34. The van der Waals surface area contributed by atoms with Gasteiger partial charge in [0, 0.05) is 0 Å². The van der Waals surface area contributed by atoms with Crippen LogP contribution in [-0.4, -0.2) is 26.3 Å². The van der Waals surface area contributed by atoms with E-state index in [1.165, 1.54) is 0 Å². The Morgan fingerprint density at radius 3 is 2.00 bits per heavy atom. The first-order chi connectivity index (χ1) is 4.86. The molecule has 0 aromatic heterocycles. The van der Waals surface area contributed by atoms with E-state index < -0.39 is 0 Å². The van der Waals surface area contributed by atoms with Gasteiger partial charge in [0.2, 0.25) is 0 Å². The average Bonchev–Trinajstić information content (AvgIpc) is 2.05. The molecule has 0 amide bonds. The molecule has 2 atom stereocenters. The van der Waals surface area contributed by atoms with Gasteiger partial charge in [-0.25, -0.2) is 0 Å². The van der Waals surface area contributed by atoms with Crippen LogP contribution in [0.3, 0.4) is 0 Å². The van der Waals surface area contributed by atoms with Crippen LogP contribution in [0, 0.1) is 11.8 Å². The van der Waals surface area contributed by atoms with Gasteiger partial charge in [-0.05, 0) is 31.3 Å². The van der Waals surface area contributed by atoms with Crippen molar-refractivity contribution in [1.29, 1.82) is 0 Å². The van der Waals surface area contributed by atoms with Crippen LogP contribution in [0.1, 0.15) is 6.42 Å². The van der Waals surface area contributed by atoms with E-state index in [9.17, 15) is 0 Å². The van der Waals surface area contributed by atoms with Gasteiger partial charge >= 0.3 is 0 Å². The van der Waals surface area contributed by atoms with E-state index >= 15 is 0 Å². The summed E-state index contributed by atoms with van der Waals surface area (Å²) in [5, 5.41) is 0. The molecular formula is C7H16N2O. The molecule has 3 nitrogen and oxygen atoms in total. The molecule has 0 radical (unpaired) electrons. The summed E-state index contributed by atoms with van der Waals surface area (Å²) < 4.78 is 5.32. The van der Waals surface area contributed by atoms with Gasteiger partial charge in [-0.1, -0.05) is 0 Å². The average molecular weight is 144 g/mol. The summed E-state index contributed by atoms with van der Waals surface area (Å²) in [6.07, 6.45) is 1.15. The molecule has 0 spiro atoms. The minimum atomic E-state index is 0.544. The third-order valence-electron chi connectivity index (χ3n) is 2.04. The number of ether oxygens (including phenoxy) is 1. The molecule has 1 rings (SSSR count). The zero-order valence-electron chi connectivity index (χ0n) is 6.25. The molecule has 0 aromatic rings. The molecule has 1 aliphatic rings. The maximum atomic E-state index is 5.50. The van der Waals surface area contributed by atoms with Crippen LogP contribution in [0.25, 0.3) is 0 Å². The van der Waals surface area contributed by atoms with E-state index in [0.717, 1.165) is 32.7 Å². The van der Waals surface area contributed by atoms with Gasteiger partial charge in [0.1, 0.15) is 0 Å². The first kappa shape index (κ1) is 7.98. The highest BCUT2D eigenvalue weighted by Crippen LogP contribution is 2.17. The summed E-state index contributed by atoms with van der Waals surface area (Å²) in [4.78, 5) is 0. The summed E-state index contributed by atoms with van der Waals surface area (Å²) in [5.41, 5.74) is 11.0. The summed E-state index contributed by atoms with van der Waals surface area (Å²) >= 11 is 0. The lowest BCUT2D eigenvalue weighted by Crippen LogP contribution is -2.33. The molecule has 1 saturated heterocycles. The van der Waals surface area contributed by atoms with Crippen molar-refractivity contribution in [2.75, 3.05) is 26.3 Å². The van der Waals surface area contributed by atoms with Gasteiger partial charge < -0.3 is 16.2 Å². The second-order valence-electron chi connectivity index (χ2n) is 2.98. The lowest BCUT2D eigenvalue weighted by molar-refractivity contribution is 0.0211. The normalized spacial score (nSPS) is 34.2. The predicted octanol–water partition coefficient (Wildman–Crippen LogP) is -0.443. The zero-order valence-corrected chi connectivity index (χ0v) is 6.25. The second-order valence-corrected chi connectivity index (χ2v) is 2.98. The highest BCUT2D eigenvalue weighted by molar-refractivity contribution is 4.71. The predicted molar refractivity (Wildman–Crippen MR) is 40.5 cm³/mol. The van der Waals surface area contributed by atoms with Crippen LogP contribution in [-0.2, 0) is 4.74 Å². The zero-order chi connectivity index (χ0) is 7.40. The van der Waals surface area contributed by atoms with E-state index in [0.29, 0.717) is 11.8 Å². The summed E-state index contributed by atoms with van der Waals surface area (Å²) in [7, 11) is 0. The van der Waals surface area contributed by atoms with E-state index in [1.807, 2.05) is 0 Å². The molecule has 1 aliphatic heterocycles. The van der Waals surface area contributed by atoms with E-state index in [-0.39, 0.29) is 0 Å². The molecule has 0 saturated carbocycles. The fraction of sp³-hybridized carbons (Fsp3) is 1.00. The van der Waals surface area contributed by atoms with Crippen LogP contribution < -0.4 is 11.5 Å². The minimum Gasteiger partial charge on any atom is -0.381 e. The maximum absolute atomic E-state index is 5.50. The first-order valence-electron chi connectivity index (χ1n) is 3.84. The van der Waals surface area contributed by atoms with Gasteiger partial charge in [0.05, 0.1) is 13.2 Å². The van der Waals surface area contributed by atoms with Crippen LogP contribution in [0.4, 0.5) is 0 Å². The van der Waals surface area contributed by atoms with Gasteiger partial charge in [0.25, 0.3) is 0 Å². The molecule has 1 heterocycles. The van der Waals surface area contributed by atoms with E-state index in [1.54, 1.807) is 0 Å². The maximum Gasteiger partial charge on any atom is 0.0506 e. The van der Waals surface area contributed by atoms with Crippen molar-refractivity contribution < 1.29 is 4.74 Å². The Morgan fingerprint density at radius 1 is 1.10 bits per heavy atom. The first-order valence-corrected chi connectivity index (χ1v) is 3.84. The smallest absolute Gasteiger partial charge is 0.0506 e. The standard InChI is InChI=1S/C7H16N2O/c8-2-6-1-7(3-9)5-10-4-6/h6-7H,1-5,8-9H2. The second kappa shape index (κ2) is 3.91. The van der Waals surface area contributed by atoms with Gasteiger partial charge in [0.15, 0.2) is 0 Å². The van der Waals surface area contributed by atoms with Crippen LogP contribution in [0.15, 0.2) is 0 Å². The summed E-state index contributed by atoms with van der Waals surface area (Å²) in [6, 6.07) is 0. The van der Waals surface area contributed by atoms with Crippen molar-refractivity contribution in [1.82, 2.24) is 0 Å². The molecule has 4 N–H and O–H groups in total. The van der Waals surface area contributed by atoms with Crippen molar-refractivity contribution in [3.05, 3.63) is 0 Å². The van der Waals surface area contributed by atoms with E-state index in [2.05, 4.69) is 0 Å². The Morgan fingerprint density at radius 2 is 1.60 bits per heavy atom. The van der Waals surface area contributed by atoms with Crippen LogP contribution in [0.2, 0.25) is 0 Å². The molecule has 1 fully saturated rings. The van der Waals surface area contributed by atoms with Gasteiger partial charge in [-0.2, -0.15) is 0 Å². The SMILES string of the molecule is NCC1COCC(CN)C1. The molecule has 2 unspecified atom stereocenters. The molecule has 0 bridgehead atoms. The molecule has 0 aliphatic carbocycles. The highest BCUT2D eigenvalue weighted by Gasteiger charge is 2.19. The highest BCUT2D eigenvalue weighted by atomic mass is 16.5. The third kappa shape index (κ3) is 1.94. The van der Waals surface area contributed by atoms with Crippen molar-refractivity contribution in [3.63, 3.8) is 0 Å². The van der Waals surface area contributed by atoms with Crippen molar-refractivity contribution in [2.24, 2.45) is 23.3 Å². The van der Waals surface area contributed by atoms with Gasteiger partial charge in [-0.15, -0.1) is 0 Å². The number of nitrogens with two attached hydrogens (primary N) is 2. The van der Waals surface area contributed by atoms with Gasteiger partial charge in [-0.3, -0.25) is 0 Å². The Labute approximate surface area is 61.7 Å². The molecule has 10 heavy (non-hydrogen) atoms. The minimum absolute atomic E-state index is 0.544. The lowest BCUT2D eigenvalue weighted by atomic mass is 9.93. The summed E-state index contributed by atoms with van der Waals surface area (Å²) in [5.74, 6) is 1.09. The molecular weight excluding hydrogens is 128 g/mol. The number of hydrogen-bond acceptors (Lipinski definition) is 3. The largest absolute Gasteiger partial charge is 0.381 e. The molecule has 3 heteroatoms. The quantitative estimate of drug-likeness (QED) is 0.552. The van der Waals surface area contributed by atoms with Crippen LogP contribution >= 0.6 is 0 Å². The number of rotatable bonds is 2. The monoisotopic (exact) mass is 144 g/mol. The topological polar surface area (TPSA) is 61.3 Å². The lowest BCUT2D eigenvalue weighted by Gasteiger charge is -2.27. The Kier molecular flexibility index (Phi) is 3.12. The Bertz CT molecular complexity index is 87.6. The van der Waals surface area contributed by atoms with Crippen molar-refractivity contribution >= 4 is 0 Å².